The fraction of sp³-hybridized carbons (Fsp3) is 0.913. The molecule has 0 spiro atoms. The number of piperidine rings is 2. The highest BCUT2D eigenvalue weighted by Crippen LogP contribution is 2.33. The summed E-state index contributed by atoms with van der Waals surface area (Å²) in [6, 6.07) is 0.819. The molecule has 168 valence electrons. The van der Waals surface area contributed by atoms with E-state index in [9.17, 15) is 9.59 Å². The Bertz CT molecular complexity index is 602. The molecule has 0 aliphatic carbocycles. The SMILES string of the molecule is O=C1CCCN1C1CCCN(CC2(CN3CCCC(N4CCCC4=O)C3)COC2)C1. The number of ether oxygens (including phenoxy) is 1. The van der Waals surface area contributed by atoms with E-state index in [4.69, 9.17) is 4.74 Å². The molecule has 0 saturated carbocycles. The molecule has 2 atom stereocenters. The number of nitrogens with zero attached hydrogens (tertiary/aromatic N) is 4. The molecule has 0 radical (unpaired) electrons. The summed E-state index contributed by atoms with van der Waals surface area (Å²) in [6.07, 6.45) is 8.23. The molecule has 7 heteroatoms. The van der Waals surface area contributed by atoms with Gasteiger partial charge in [0.15, 0.2) is 0 Å². The van der Waals surface area contributed by atoms with Gasteiger partial charge in [0, 0.05) is 69.6 Å². The summed E-state index contributed by atoms with van der Waals surface area (Å²) >= 11 is 0. The van der Waals surface area contributed by atoms with Gasteiger partial charge in [-0.3, -0.25) is 9.59 Å². The second-order valence-corrected chi connectivity index (χ2v) is 10.4. The molecular weight excluding hydrogens is 380 g/mol. The van der Waals surface area contributed by atoms with Gasteiger partial charge in [0.25, 0.3) is 0 Å². The van der Waals surface area contributed by atoms with E-state index in [2.05, 4.69) is 19.6 Å². The molecule has 5 rings (SSSR count). The summed E-state index contributed by atoms with van der Waals surface area (Å²) in [5, 5.41) is 0. The first-order valence-corrected chi connectivity index (χ1v) is 12.2. The van der Waals surface area contributed by atoms with Crippen LogP contribution in [0.5, 0.6) is 0 Å². The van der Waals surface area contributed by atoms with Gasteiger partial charge in [-0.1, -0.05) is 0 Å². The van der Waals surface area contributed by atoms with Crippen molar-refractivity contribution in [1.29, 1.82) is 0 Å². The van der Waals surface area contributed by atoms with Crippen LogP contribution in [-0.2, 0) is 14.3 Å². The number of carbonyl (C=O) groups is 2. The van der Waals surface area contributed by atoms with Crippen LogP contribution in [0.3, 0.4) is 0 Å². The molecule has 30 heavy (non-hydrogen) atoms. The number of carbonyl (C=O) groups excluding carboxylic acids is 2. The first-order chi connectivity index (χ1) is 14.6. The molecule has 5 aliphatic heterocycles. The van der Waals surface area contributed by atoms with Crippen molar-refractivity contribution in [1.82, 2.24) is 19.6 Å². The fourth-order valence-corrected chi connectivity index (χ4v) is 6.54. The van der Waals surface area contributed by atoms with Crippen molar-refractivity contribution in [2.75, 3.05) is 65.6 Å². The van der Waals surface area contributed by atoms with Crippen LogP contribution in [0.15, 0.2) is 0 Å². The second kappa shape index (κ2) is 8.75. The molecular formula is C23H38N4O3. The van der Waals surface area contributed by atoms with E-state index in [0.717, 1.165) is 104 Å². The molecule has 2 unspecified atom stereocenters. The summed E-state index contributed by atoms with van der Waals surface area (Å²) in [4.78, 5) is 33.9. The quantitative estimate of drug-likeness (QED) is 0.648. The first-order valence-electron chi connectivity index (χ1n) is 12.2. The molecule has 2 amide bonds. The predicted molar refractivity (Wildman–Crippen MR) is 114 cm³/mol. The maximum Gasteiger partial charge on any atom is 0.222 e. The lowest BCUT2D eigenvalue weighted by molar-refractivity contribution is -0.147. The van der Waals surface area contributed by atoms with Crippen LogP contribution < -0.4 is 0 Å². The maximum atomic E-state index is 12.2. The Morgan fingerprint density at radius 1 is 0.733 bits per heavy atom. The van der Waals surface area contributed by atoms with Gasteiger partial charge in [-0.25, -0.2) is 0 Å². The smallest absolute Gasteiger partial charge is 0.222 e. The molecule has 0 bridgehead atoms. The first kappa shape index (κ1) is 20.7. The summed E-state index contributed by atoms with van der Waals surface area (Å²) in [6.45, 7) is 10.1. The Balaban J connectivity index is 1.17. The molecule has 5 saturated heterocycles. The summed E-state index contributed by atoms with van der Waals surface area (Å²) < 4.78 is 5.73. The minimum absolute atomic E-state index is 0.216. The topological polar surface area (TPSA) is 56.3 Å². The van der Waals surface area contributed by atoms with Crippen LogP contribution >= 0.6 is 0 Å². The van der Waals surface area contributed by atoms with Gasteiger partial charge in [0.05, 0.1) is 13.2 Å². The minimum Gasteiger partial charge on any atom is -0.380 e. The lowest BCUT2D eigenvalue weighted by Gasteiger charge is -2.50. The average molecular weight is 419 g/mol. The van der Waals surface area contributed by atoms with Crippen LogP contribution in [0, 0.1) is 5.41 Å². The third-order valence-electron chi connectivity index (χ3n) is 8.00. The van der Waals surface area contributed by atoms with Crippen molar-refractivity contribution in [2.45, 2.75) is 63.5 Å². The average Bonchev–Trinajstić information content (AvgIpc) is 3.35. The zero-order valence-corrected chi connectivity index (χ0v) is 18.4. The Morgan fingerprint density at radius 2 is 1.23 bits per heavy atom. The molecule has 0 aromatic heterocycles. The van der Waals surface area contributed by atoms with E-state index in [1.165, 1.54) is 12.8 Å². The number of rotatable bonds is 6. The maximum absolute atomic E-state index is 12.2. The van der Waals surface area contributed by atoms with Gasteiger partial charge in [0.1, 0.15) is 0 Å². The zero-order chi connectivity index (χ0) is 20.6. The van der Waals surface area contributed by atoms with E-state index in [0.29, 0.717) is 23.9 Å². The van der Waals surface area contributed by atoms with Gasteiger partial charge in [0.2, 0.25) is 11.8 Å². The minimum atomic E-state index is 0.216. The van der Waals surface area contributed by atoms with E-state index in [1.54, 1.807) is 0 Å². The van der Waals surface area contributed by atoms with E-state index in [-0.39, 0.29) is 5.41 Å². The lowest BCUT2D eigenvalue weighted by Crippen LogP contribution is -2.61. The molecule has 5 aliphatic rings. The van der Waals surface area contributed by atoms with Gasteiger partial charge >= 0.3 is 0 Å². The van der Waals surface area contributed by atoms with E-state index in [1.807, 2.05) is 0 Å². The second-order valence-electron chi connectivity index (χ2n) is 10.4. The van der Waals surface area contributed by atoms with Crippen molar-refractivity contribution in [3.8, 4) is 0 Å². The molecule has 0 N–H and O–H groups in total. The fourth-order valence-electron chi connectivity index (χ4n) is 6.54. The molecule has 7 nitrogen and oxygen atoms in total. The Morgan fingerprint density at radius 3 is 1.60 bits per heavy atom. The Kier molecular flexibility index (Phi) is 6.04. The van der Waals surface area contributed by atoms with Crippen LogP contribution in [0.4, 0.5) is 0 Å². The third-order valence-corrected chi connectivity index (χ3v) is 8.00. The largest absolute Gasteiger partial charge is 0.380 e. The monoisotopic (exact) mass is 418 g/mol. The van der Waals surface area contributed by atoms with Gasteiger partial charge in [-0.2, -0.15) is 0 Å². The number of amides is 2. The standard InChI is InChI=1S/C23H38N4O3/c28-21-7-3-11-26(21)19-5-1-9-24(13-19)15-23(17-30-18-23)16-25-10-2-6-20(14-25)27-12-4-8-22(27)29/h19-20H,1-18H2. The van der Waals surface area contributed by atoms with Gasteiger partial charge < -0.3 is 24.3 Å². The number of hydrogen-bond acceptors (Lipinski definition) is 5. The van der Waals surface area contributed by atoms with Crippen molar-refractivity contribution in [3.05, 3.63) is 0 Å². The lowest BCUT2D eigenvalue weighted by atomic mass is 9.83. The number of likely N-dealkylation sites (tertiary alicyclic amines) is 4. The van der Waals surface area contributed by atoms with Crippen LogP contribution in [0.1, 0.15) is 51.4 Å². The zero-order valence-electron chi connectivity index (χ0n) is 18.4. The highest BCUT2D eigenvalue weighted by molar-refractivity contribution is 5.78. The van der Waals surface area contributed by atoms with Crippen LogP contribution in [-0.4, -0.2) is 109 Å². The Labute approximate surface area is 180 Å². The molecule has 5 fully saturated rings. The van der Waals surface area contributed by atoms with Crippen molar-refractivity contribution in [3.63, 3.8) is 0 Å². The third kappa shape index (κ3) is 4.26. The predicted octanol–water partition coefficient (Wildman–Crippen LogP) is 1.18. The van der Waals surface area contributed by atoms with Gasteiger partial charge in [-0.05, 0) is 51.6 Å². The number of hydrogen-bond donors (Lipinski definition) is 0. The van der Waals surface area contributed by atoms with Crippen LogP contribution in [0.25, 0.3) is 0 Å². The highest BCUT2D eigenvalue weighted by atomic mass is 16.5. The van der Waals surface area contributed by atoms with E-state index >= 15 is 0 Å². The Hall–Kier alpha value is -1.18. The van der Waals surface area contributed by atoms with Crippen LogP contribution in [0.2, 0.25) is 0 Å². The normalized spacial score (nSPS) is 33.3. The van der Waals surface area contributed by atoms with Crippen molar-refractivity contribution >= 4 is 11.8 Å². The van der Waals surface area contributed by atoms with E-state index < -0.39 is 0 Å². The molecule has 5 heterocycles. The molecule has 0 aromatic rings. The van der Waals surface area contributed by atoms with Gasteiger partial charge in [-0.15, -0.1) is 0 Å². The molecule has 0 aromatic carbocycles. The summed E-state index contributed by atoms with van der Waals surface area (Å²) in [5.41, 5.74) is 0.216. The summed E-state index contributed by atoms with van der Waals surface area (Å²) in [7, 11) is 0. The highest BCUT2D eigenvalue weighted by Gasteiger charge is 2.44. The van der Waals surface area contributed by atoms with Crippen molar-refractivity contribution < 1.29 is 14.3 Å². The summed E-state index contributed by atoms with van der Waals surface area (Å²) in [5.74, 6) is 0.721. The van der Waals surface area contributed by atoms with Crippen molar-refractivity contribution in [2.24, 2.45) is 5.41 Å².